The van der Waals surface area contributed by atoms with Crippen LogP contribution in [0.15, 0.2) is 24.3 Å². The molecule has 0 aromatic rings. The van der Waals surface area contributed by atoms with E-state index < -0.39 is 17.9 Å². The van der Waals surface area contributed by atoms with Crippen LogP contribution in [0.25, 0.3) is 0 Å². The second-order valence-electron chi connectivity index (χ2n) is 15.3. The van der Waals surface area contributed by atoms with Crippen LogP contribution in [0, 0.1) is 0 Å². The molecule has 0 radical (unpaired) electrons. The summed E-state index contributed by atoms with van der Waals surface area (Å²) in [4.78, 5) is 37.3. The molecule has 0 saturated heterocycles. The van der Waals surface area contributed by atoms with Crippen molar-refractivity contribution in [2.45, 2.75) is 233 Å². The van der Waals surface area contributed by atoms with E-state index in [0.29, 0.717) is 12.8 Å². The third-order valence-corrected chi connectivity index (χ3v) is 8.88. The molecule has 0 aliphatic heterocycles. The van der Waals surface area contributed by atoms with Crippen LogP contribution in [0.4, 0.5) is 4.79 Å². The van der Waals surface area contributed by atoms with Crippen molar-refractivity contribution in [1.29, 1.82) is 0 Å². The Labute approximate surface area is 314 Å². The summed E-state index contributed by atoms with van der Waals surface area (Å²) in [6, 6.07) is 0. The molecule has 1 amide bonds. The number of unbranched alkanes of at least 4 members (excludes halogenated alkanes) is 22. The molecule has 0 aromatic heterocycles. The van der Waals surface area contributed by atoms with Crippen molar-refractivity contribution in [3.05, 3.63) is 24.3 Å². The van der Waals surface area contributed by atoms with Gasteiger partial charge in [0.25, 0.3) is 0 Å². The molecule has 51 heavy (non-hydrogen) atoms. The molecule has 1 unspecified atom stereocenters. The van der Waals surface area contributed by atoms with Gasteiger partial charge in [0.15, 0.2) is 6.23 Å². The molecule has 0 heterocycles. The first-order chi connectivity index (χ1) is 24.7. The first-order valence-electron chi connectivity index (χ1n) is 21.3. The molecule has 0 spiro atoms. The number of esters is 2. The van der Waals surface area contributed by atoms with Crippen molar-refractivity contribution in [3.63, 3.8) is 0 Å². The van der Waals surface area contributed by atoms with Gasteiger partial charge in [-0.25, -0.2) is 4.79 Å². The number of alkyl carbamates (subject to hydrolysis) is 1. The van der Waals surface area contributed by atoms with E-state index in [0.717, 1.165) is 57.8 Å². The minimum Gasteiger partial charge on any atom is -0.465 e. The number of allylic oxidation sites excluding steroid dienone is 4. The lowest BCUT2D eigenvalue weighted by Crippen LogP contribution is -2.42. The van der Waals surface area contributed by atoms with E-state index >= 15 is 0 Å². The van der Waals surface area contributed by atoms with Gasteiger partial charge in [0.2, 0.25) is 0 Å². The van der Waals surface area contributed by atoms with Gasteiger partial charge in [0, 0.05) is 19.3 Å². The number of carbonyl (C=O) groups excluding carboxylic acids is 3. The lowest BCUT2D eigenvalue weighted by Gasteiger charge is -2.23. The van der Waals surface area contributed by atoms with Crippen molar-refractivity contribution in [3.8, 4) is 0 Å². The highest BCUT2D eigenvalue weighted by atomic mass is 16.6. The summed E-state index contributed by atoms with van der Waals surface area (Å²) in [7, 11) is 0. The van der Waals surface area contributed by atoms with E-state index in [1.54, 1.807) is 20.8 Å². The van der Waals surface area contributed by atoms with Crippen LogP contribution in [-0.4, -0.2) is 36.5 Å². The lowest BCUT2D eigenvalue weighted by molar-refractivity contribution is -0.152. The van der Waals surface area contributed by atoms with Crippen LogP contribution >= 0.6 is 0 Å². The molecule has 0 bridgehead atoms. The number of carbonyl (C=O) groups is 3. The summed E-state index contributed by atoms with van der Waals surface area (Å²) >= 11 is 0. The van der Waals surface area contributed by atoms with Crippen LogP contribution < -0.4 is 5.32 Å². The first-order valence-corrected chi connectivity index (χ1v) is 21.3. The number of hydrogen-bond acceptors (Lipinski definition) is 6. The molecule has 0 saturated carbocycles. The third kappa shape index (κ3) is 38.7. The molecule has 0 fully saturated rings. The van der Waals surface area contributed by atoms with Crippen molar-refractivity contribution in [1.82, 2.24) is 5.32 Å². The second kappa shape index (κ2) is 36.1. The Bertz CT molecular complexity index is 877. The Morgan fingerprint density at radius 3 is 1.31 bits per heavy atom. The Kier molecular flexibility index (Phi) is 34.4. The van der Waals surface area contributed by atoms with Gasteiger partial charge in [-0.05, 0) is 85.0 Å². The van der Waals surface area contributed by atoms with Crippen molar-refractivity contribution < 1.29 is 28.6 Å². The maximum Gasteiger partial charge on any atom is 0.410 e. The summed E-state index contributed by atoms with van der Waals surface area (Å²) in [5.41, 5.74) is -0.682. The van der Waals surface area contributed by atoms with Gasteiger partial charge in [-0.15, -0.1) is 0 Å². The number of rotatable bonds is 35. The van der Waals surface area contributed by atoms with Gasteiger partial charge in [0.1, 0.15) is 5.60 Å². The number of nitrogens with one attached hydrogen (secondary N) is 1. The molecular formula is C44H81NO6. The fourth-order valence-electron chi connectivity index (χ4n) is 5.85. The maximum atomic E-state index is 12.6. The lowest BCUT2D eigenvalue weighted by atomic mass is 10.1. The molecule has 0 aliphatic rings. The largest absolute Gasteiger partial charge is 0.465 e. The van der Waals surface area contributed by atoms with E-state index in [4.69, 9.17) is 14.2 Å². The molecular weight excluding hydrogens is 638 g/mol. The zero-order valence-electron chi connectivity index (χ0n) is 34.0. The Balaban J connectivity index is 4.11. The topological polar surface area (TPSA) is 90.9 Å². The van der Waals surface area contributed by atoms with E-state index in [1.807, 2.05) is 0 Å². The van der Waals surface area contributed by atoms with E-state index in [9.17, 15) is 14.4 Å². The molecule has 7 heteroatoms. The van der Waals surface area contributed by atoms with E-state index in [2.05, 4.69) is 43.5 Å². The summed E-state index contributed by atoms with van der Waals surface area (Å²) in [5.74, 6) is -0.628. The van der Waals surface area contributed by atoms with E-state index in [1.165, 1.54) is 109 Å². The summed E-state index contributed by atoms with van der Waals surface area (Å²) in [6.45, 7) is 9.90. The van der Waals surface area contributed by atoms with Gasteiger partial charge in [-0.3, -0.25) is 14.9 Å². The van der Waals surface area contributed by atoms with Crippen LogP contribution in [-0.2, 0) is 23.8 Å². The molecule has 0 aliphatic carbocycles. The smallest absolute Gasteiger partial charge is 0.410 e. The normalized spacial score (nSPS) is 12.4. The number of amides is 1. The maximum absolute atomic E-state index is 12.6. The predicted octanol–water partition coefficient (Wildman–Crippen LogP) is 13.4. The fourth-order valence-corrected chi connectivity index (χ4v) is 5.85. The molecule has 7 nitrogen and oxygen atoms in total. The van der Waals surface area contributed by atoms with Gasteiger partial charge >= 0.3 is 18.0 Å². The summed E-state index contributed by atoms with van der Waals surface area (Å²) < 4.78 is 16.3. The van der Waals surface area contributed by atoms with E-state index in [-0.39, 0.29) is 25.0 Å². The minimum absolute atomic E-state index is 0.0606. The summed E-state index contributed by atoms with van der Waals surface area (Å²) in [5, 5.41) is 2.63. The quantitative estimate of drug-likeness (QED) is 0.0230. The molecule has 1 N–H and O–H groups in total. The molecule has 0 aromatic carbocycles. The average Bonchev–Trinajstić information content (AvgIpc) is 3.07. The molecule has 0 rings (SSSR count). The predicted molar refractivity (Wildman–Crippen MR) is 214 cm³/mol. The first kappa shape index (κ1) is 48.7. The van der Waals surface area contributed by atoms with Gasteiger partial charge in [-0.2, -0.15) is 0 Å². The van der Waals surface area contributed by atoms with Crippen LogP contribution in [0.5, 0.6) is 0 Å². The highest BCUT2D eigenvalue weighted by Gasteiger charge is 2.22. The second-order valence-corrected chi connectivity index (χ2v) is 15.3. The fraction of sp³-hybridized carbons (Fsp3) is 0.841. The molecule has 1 atom stereocenters. The van der Waals surface area contributed by atoms with Crippen molar-refractivity contribution >= 4 is 18.0 Å². The van der Waals surface area contributed by atoms with Crippen molar-refractivity contribution in [2.24, 2.45) is 0 Å². The Hall–Kier alpha value is -2.31. The number of ether oxygens (including phenoxy) is 3. The van der Waals surface area contributed by atoms with Gasteiger partial charge in [0.05, 0.1) is 6.61 Å². The monoisotopic (exact) mass is 720 g/mol. The summed E-state index contributed by atoms with van der Waals surface area (Å²) in [6.07, 6.45) is 39.8. The van der Waals surface area contributed by atoms with Crippen LogP contribution in [0.2, 0.25) is 0 Å². The zero-order valence-corrected chi connectivity index (χ0v) is 34.0. The van der Waals surface area contributed by atoms with Crippen molar-refractivity contribution in [2.75, 3.05) is 6.61 Å². The highest BCUT2D eigenvalue weighted by molar-refractivity contribution is 5.71. The Morgan fingerprint density at radius 2 is 0.902 bits per heavy atom. The number of hydrogen-bond donors (Lipinski definition) is 1. The minimum atomic E-state index is -0.914. The standard InChI is InChI=1S/C44H81NO6/c1-6-8-10-12-14-16-18-20-22-24-26-28-30-32-34-36-41(46)49-39-38-40(45-43(48)51-44(3,4)5)50-42(47)37-35-33-31-29-27-25-23-21-19-17-15-13-11-9-7-2/h20-23,40H,6-19,24-39H2,1-5H3,(H,45,48). The van der Waals surface area contributed by atoms with Crippen LogP contribution in [0.1, 0.15) is 221 Å². The van der Waals surface area contributed by atoms with Crippen LogP contribution in [0.3, 0.4) is 0 Å². The van der Waals surface area contributed by atoms with Gasteiger partial charge in [-0.1, -0.05) is 141 Å². The molecule has 298 valence electrons. The zero-order chi connectivity index (χ0) is 37.7. The highest BCUT2D eigenvalue weighted by Crippen LogP contribution is 2.14. The third-order valence-electron chi connectivity index (χ3n) is 8.88. The Morgan fingerprint density at radius 1 is 0.529 bits per heavy atom. The SMILES string of the molecule is CCCCCCCCC=CCCCCCCCC(=O)OCCC(NC(=O)OC(C)(C)C)OC(=O)CCCCCCCC=CCCCCCCCC. The van der Waals surface area contributed by atoms with Gasteiger partial charge < -0.3 is 14.2 Å². The average molecular weight is 720 g/mol.